The van der Waals surface area contributed by atoms with Gasteiger partial charge in [0.2, 0.25) is 10.0 Å². The minimum absolute atomic E-state index is 0.297. The molecule has 1 saturated heterocycles. The number of sulfonamides is 1. The zero-order valence-electron chi connectivity index (χ0n) is 11.4. The lowest BCUT2D eigenvalue weighted by Gasteiger charge is -2.20. The van der Waals surface area contributed by atoms with Crippen LogP contribution in [0.3, 0.4) is 0 Å². The normalized spacial score (nSPS) is 22.7. The molecule has 1 aromatic carbocycles. The summed E-state index contributed by atoms with van der Waals surface area (Å²) in [6.45, 7) is 3.42. The average molecular weight is 296 g/mol. The minimum Gasteiger partial charge on any atom is -0.381 e. The molecule has 20 heavy (non-hydrogen) atoms. The van der Waals surface area contributed by atoms with Crippen molar-refractivity contribution in [3.05, 3.63) is 29.3 Å². The van der Waals surface area contributed by atoms with Crippen LogP contribution in [0.25, 0.3) is 0 Å². The van der Waals surface area contributed by atoms with E-state index in [1.165, 1.54) is 0 Å². The number of hydrogen-bond donors (Lipinski definition) is 2. The Bertz CT molecular complexity index is 580. The van der Waals surface area contributed by atoms with Crippen molar-refractivity contribution in [2.75, 3.05) is 26.3 Å². The van der Waals surface area contributed by atoms with Gasteiger partial charge in [0.15, 0.2) is 0 Å². The molecular weight excluding hydrogens is 276 g/mol. The number of rotatable bonds is 4. The molecule has 0 bridgehead atoms. The Morgan fingerprint density at radius 1 is 1.40 bits per heavy atom. The Hall–Kier alpha value is -0.950. The van der Waals surface area contributed by atoms with Gasteiger partial charge in [-0.2, -0.15) is 0 Å². The van der Waals surface area contributed by atoms with Crippen LogP contribution in [0.1, 0.15) is 17.5 Å². The first-order chi connectivity index (χ1) is 9.67. The van der Waals surface area contributed by atoms with Gasteiger partial charge in [-0.25, -0.2) is 13.1 Å². The molecule has 0 radical (unpaired) electrons. The maximum Gasteiger partial charge on any atom is 0.240 e. The third-order valence-electron chi connectivity index (χ3n) is 3.97. The maximum atomic E-state index is 12.5. The molecule has 1 aromatic rings. The maximum absolute atomic E-state index is 12.5. The Morgan fingerprint density at radius 2 is 2.30 bits per heavy atom. The molecule has 110 valence electrons. The van der Waals surface area contributed by atoms with Crippen LogP contribution >= 0.6 is 0 Å². The van der Waals surface area contributed by atoms with Gasteiger partial charge in [0.1, 0.15) is 0 Å². The van der Waals surface area contributed by atoms with E-state index < -0.39 is 10.0 Å². The second kappa shape index (κ2) is 5.81. The molecular formula is C14H20N2O3S. The van der Waals surface area contributed by atoms with Crippen LogP contribution < -0.4 is 10.0 Å². The first-order valence-corrected chi connectivity index (χ1v) is 8.54. The fraction of sp³-hybridized carbons (Fsp3) is 0.571. The van der Waals surface area contributed by atoms with Gasteiger partial charge in [0, 0.05) is 19.7 Å². The van der Waals surface area contributed by atoms with Crippen LogP contribution in [-0.4, -0.2) is 34.7 Å². The third-order valence-corrected chi connectivity index (χ3v) is 5.48. The SMILES string of the molecule is O=S(=O)(NCC1CCOC1)c1cccc2c1CCNC2. The molecule has 0 amide bonds. The summed E-state index contributed by atoms with van der Waals surface area (Å²) in [6.07, 6.45) is 1.69. The van der Waals surface area contributed by atoms with E-state index in [1.807, 2.05) is 12.1 Å². The fourth-order valence-corrected chi connectivity index (χ4v) is 4.22. The molecule has 2 aliphatic heterocycles. The summed E-state index contributed by atoms with van der Waals surface area (Å²) < 4.78 is 33.0. The highest BCUT2D eigenvalue weighted by Gasteiger charge is 2.24. The molecule has 2 aliphatic rings. The van der Waals surface area contributed by atoms with Gasteiger partial charge in [0.05, 0.1) is 11.5 Å². The van der Waals surface area contributed by atoms with Crippen LogP contribution in [0.4, 0.5) is 0 Å². The molecule has 3 rings (SSSR count). The van der Waals surface area contributed by atoms with Gasteiger partial charge in [0.25, 0.3) is 0 Å². The van der Waals surface area contributed by atoms with E-state index in [2.05, 4.69) is 10.0 Å². The summed E-state index contributed by atoms with van der Waals surface area (Å²) in [4.78, 5) is 0.440. The van der Waals surface area contributed by atoms with Gasteiger partial charge >= 0.3 is 0 Å². The van der Waals surface area contributed by atoms with Gasteiger partial charge in [-0.3, -0.25) is 0 Å². The summed E-state index contributed by atoms with van der Waals surface area (Å²) in [7, 11) is -3.42. The fourth-order valence-electron chi connectivity index (χ4n) is 2.80. The van der Waals surface area contributed by atoms with Gasteiger partial charge in [-0.1, -0.05) is 12.1 Å². The third kappa shape index (κ3) is 2.88. The Kier molecular flexibility index (Phi) is 4.07. The number of nitrogens with one attached hydrogen (secondary N) is 2. The van der Waals surface area contributed by atoms with Gasteiger partial charge in [-0.15, -0.1) is 0 Å². The predicted octanol–water partition coefficient (Wildman–Crippen LogP) is 0.647. The van der Waals surface area contributed by atoms with Crippen molar-refractivity contribution >= 4 is 10.0 Å². The zero-order valence-corrected chi connectivity index (χ0v) is 12.2. The largest absolute Gasteiger partial charge is 0.381 e. The average Bonchev–Trinajstić information content (AvgIpc) is 2.98. The Morgan fingerprint density at radius 3 is 3.10 bits per heavy atom. The summed E-state index contributed by atoms with van der Waals surface area (Å²) >= 11 is 0. The first kappa shape index (κ1) is 14.0. The molecule has 2 N–H and O–H groups in total. The molecule has 0 spiro atoms. The lowest BCUT2D eigenvalue weighted by molar-refractivity contribution is 0.186. The van der Waals surface area contributed by atoms with E-state index in [0.29, 0.717) is 24.0 Å². The van der Waals surface area contributed by atoms with Crippen molar-refractivity contribution in [2.45, 2.75) is 24.3 Å². The number of benzene rings is 1. The minimum atomic E-state index is -3.42. The van der Waals surface area contributed by atoms with E-state index in [0.717, 1.165) is 43.7 Å². The second-order valence-corrected chi connectivity index (χ2v) is 7.14. The van der Waals surface area contributed by atoms with Crippen molar-refractivity contribution in [3.8, 4) is 0 Å². The lowest BCUT2D eigenvalue weighted by atomic mass is 10.0. The standard InChI is InChI=1S/C14H20N2O3S/c17-20(18,16-8-11-5-7-19-10-11)14-3-1-2-12-9-15-6-4-13(12)14/h1-3,11,15-16H,4-10H2. The zero-order chi connectivity index (χ0) is 14.0. The van der Waals surface area contributed by atoms with Crippen LogP contribution in [0.15, 0.2) is 23.1 Å². The van der Waals surface area contributed by atoms with Crippen molar-refractivity contribution in [1.29, 1.82) is 0 Å². The quantitative estimate of drug-likeness (QED) is 0.856. The number of hydrogen-bond acceptors (Lipinski definition) is 4. The van der Waals surface area contributed by atoms with E-state index in [-0.39, 0.29) is 0 Å². The van der Waals surface area contributed by atoms with Crippen LogP contribution in [-0.2, 0) is 27.7 Å². The van der Waals surface area contributed by atoms with Crippen LogP contribution in [0.2, 0.25) is 0 Å². The Labute approximate surface area is 119 Å². The van der Waals surface area contributed by atoms with Crippen molar-refractivity contribution in [3.63, 3.8) is 0 Å². The summed E-state index contributed by atoms with van der Waals surface area (Å²) in [5, 5.41) is 3.26. The summed E-state index contributed by atoms with van der Waals surface area (Å²) in [5.74, 6) is 0.297. The predicted molar refractivity (Wildman–Crippen MR) is 76.0 cm³/mol. The highest BCUT2D eigenvalue weighted by Crippen LogP contribution is 2.23. The molecule has 6 heteroatoms. The van der Waals surface area contributed by atoms with Crippen molar-refractivity contribution in [1.82, 2.24) is 10.0 Å². The second-order valence-electron chi connectivity index (χ2n) is 5.40. The summed E-state index contributed by atoms with van der Waals surface area (Å²) in [5.41, 5.74) is 2.05. The lowest BCUT2D eigenvalue weighted by Crippen LogP contribution is -2.32. The molecule has 1 atom stereocenters. The van der Waals surface area contributed by atoms with Crippen LogP contribution in [0, 0.1) is 5.92 Å². The van der Waals surface area contributed by atoms with Gasteiger partial charge < -0.3 is 10.1 Å². The molecule has 0 aromatic heterocycles. The number of ether oxygens (including phenoxy) is 1. The van der Waals surface area contributed by atoms with E-state index in [1.54, 1.807) is 6.07 Å². The molecule has 0 saturated carbocycles. The number of fused-ring (bicyclic) bond motifs is 1. The summed E-state index contributed by atoms with van der Waals surface area (Å²) in [6, 6.07) is 5.52. The monoisotopic (exact) mass is 296 g/mol. The van der Waals surface area contributed by atoms with E-state index >= 15 is 0 Å². The van der Waals surface area contributed by atoms with Crippen molar-refractivity contribution in [2.24, 2.45) is 5.92 Å². The van der Waals surface area contributed by atoms with Gasteiger partial charge in [-0.05, 0) is 42.5 Å². The van der Waals surface area contributed by atoms with Crippen LogP contribution in [0.5, 0.6) is 0 Å². The van der Waals surface area contributed by atoms with E-state index in [9.17, 15) is 8.42 Å². The molecule has 0 aliphatic carbocycles. The molecule has 5 nitrogen and oxygen atoms in total. The molecule has 1 fully saturated rings. The van der Waals surface area contributed by atoms with E-state index in [4.69, 9.17) is 4.74 Å². The van der Waals surface area contributed by atoms with Crippen molar-refractivity contribution < 1.29 is 13.2 Å². The highest BCUT2D eigenvalue weighted by atomic mass is 32.2. The molecule has 1 unspecified atom stereocenters. The molecule has 2 heterocycles. The topological polar surface area (TPSA) is 67.4 Å². The Balaban J connectivity index is 1.80. The highest BCUT2D eigenvalue weighted by molar-refractivity contribution is 7.89. The first-order valence-electron chi connectivity index (χ1n) is 7.06. The smallest absolute Gasteiger partial charge is 0.240 e.